The zero-order valence-corrected chi connectivity index (χ0v) is 11.7. The minimum Gasteiger partial charge on any atom is -0.326 e. The molecule has 1 N–H and O–H groups in total. The molecule has 0 spiro atoms. The molecule has 2 rings (SSSR count). The van der Waals surface area contributed by atoms with Gasteiger partial charge in [-0.1, -0.05) is 6.07 Å². The lowest BCUT2D eigenvalue weighted by molar-refractivity contribution is -0.116. The Morgan fingerprint density at radius 2 is 2.10 bits per heavy atom. The van der Waals surface area contributed by atoms with Gasteiger partial charge in [-0.2, -0.15) is 8.78 Å². The van der Waals surface area contributed by atoms with E-state index in [1.807, 2.05) is 31.2 Å². The van der Waals surface area contributed by atoms with E-state index in [9.17, 15) is 13.6 Å². The van der Waals surface area contributed by atoms with Crippen LogP contribution in [0.1, 0.15) is 25.0 Å². The van der Waals surface area contributed by atoms with Gasteiger partial charge >= 0.3 is 0 Å². The molecule has 0 saturated carbocycles. The molecule has 0 atom stereocenters. The van der Waals surface area contributed by atoms with Crippen LogP contribution in [0.25, 0.3) is 10.9 Å². The maximum atomic E-state index is 11.8. The van der Waals surface area contributed by atoms with Gasteiger partial charge in [-0.25, -0.2) is 0 Å². The lowest BCUT2D eigenvalue weighted by Crippen LogP contribution is -2.10. The van der Waals surface area contributed by atoms with Crippen LogP contribution >= 0.6 is 0 Å². The molecule has 21 heavy (non-hydrogen) atoms. The summed E-state index contributed by atoms with van der Waals surface area (Å²) in [5.74, 6) is -0.179. The van der Waals surface area contributed by atoms with Crippen LogP contribution in [0.3, 0.4) is 0 Å². The number of aryl methyl sites for hydroxylation is 1. The number of rotatable bonds is 5. The lowest BCUT2D eigenvalue weighted by Gasteiger charge is -2.06. The lowest BCUT2D eigenvalue weighted by atomic mass is 10.1. The normalized spacial score (nSPS) is 10.4. The number of hydrogen-bond acceptors (Lipinski definition) is 2. The van der Waals surface area contributed by atoms with Crippen molar-refractivity contribution in [2.24, 2.45) is 0 Å². The summed E-state index contributed by atoms with van der Waals surface area (Å²) in [6, 6.07) is 9.34. The smallest absolute Gasteiger partial charge is 0.266 e. The summed E-state index contributed by atoms with van der Waals surface area (Å²) in [6.45, 7) is 1.92. The van der Waals surface area contributed by atoms with Crippen molar-refractivity contribution in [2.45, 2.75) is 26.2 Å². The molecule has 110 valence electrons. The van der Waals surface area contributed by atoms with Crippen molar-refractivity contribution >= 4 is 22.5 Å². The van der Waals surface area contributed by atoms with Crippen molar-refractivity contribution in [3.05, 3.63) is 48.2 Å². The maximum Gasteiger partial charge on any atom is 0.266 e. The van der Waals surface area contributed by atoms with Crippen LogP contribution in [0.4, 0.5) is 14.5 Å². The van der Waals surface area contributed by atoms with Crippen molar-refractivity contribution < 1.29 is 13.6 Å². The third kappa shape index (κ3) is 4.63. The highest BCUT2D eigenvalue weighted by Crippen LogP contribution is 2.18. The van der Waals surface area contributed by atoms with Gasteiger partial charge < -0.3 is 5.32 Å². The first kappa shape index (κ1) is 15.1. The van der Waals surface area contributed by atoms with Crippen molar-refractivity contribution in [2.75, 3.05) is 5.32 Å². The highest BCUT2D eigenvalue weighted by molar-refractivity contribution is 5.93. The molecule has 0 bridgehead atoms. The first-order valence-corrected chi connectivity index (χ1v) is 6.73. The fourth-order valence-electron chi connectivity index (χ4n) is 2.00. The SMILES string of the molecule is Cc1ccc2cc(NC(=O)CCCC=C(F)F)ccc2n1. The number of pyridine rings is 1. The number of anilines is 1. The van der Waals surface area contributed by atoms with Gasteiger partial charge in [-0.3, -0.25) is 9.78 Å². The summed E-state index contributed by atoms with van der Waals surface area (Å²) in [5, 5.41) is 3.71. The molecule has 3 nitrogen and oxygen atoms in total. The molecule has 0 aliphatic rings. The zero-order chi connectivity index (χ0) is 15.2. The van der Waals surface area contributed by atoms with E-state index in [1.54, 1.807) is 6.07 Å². The van der Waals surface area contributed by atoms with Gasteiger partial charge in [-0.05, 0) is 50.1 Å². The zero-order valence-electron chi connectivity index (χ0n) is 11.7. The Balaban J connectivity index is 1.95. The van der Waals surface area contributed by atoms with Crippen LogP contribution in [-0.4, -0.2) is 10.9 Å². The second-order valence-electron chi connectivity index (χ2n) is 4.79. The highest BCUT2D eigenvalue weighted by atomic mass is 19.3. The quantitative estimate of drug-likeness (QED) is 0.827. The number of nitrogens with zero attached hydrogens (tertiary/aromatic N) is 1. The second-order valence-corrected chi connectivity index (χ2v) is 4.79. The van der Waals surface area contributed by atoms with E-state index in [-0.39, 0.29) is 18.7 Å². The highest BCUT2D eigenvalue weighted by Gasteiger charge is 2.03. The van der Waals surface area contributed by atoms with Gasteiger partial charge in [0.25, 0.3) is 6.08 Å². The molecule has 1 heterocycles. The molecule has 2 aromatic rings. The Morgan fingerprint density at radius 3 is 2.86 bits per heavy atom. The molecule has 0 saturated heterocycles. The number of benzene rings is 1. The Bertz CT molecular complexity index is 679. The van der Waals surface area contributed by atoms with Gasteiger partial charge in [0.15, 0.2) is 0 Å². The van der Waals surface area contributed by atoms with Crippen molar-refractivity contribution in [1.29, 1.82) is 0 Å². The number of allylic oxidation sites excluding steroid dienone is 1. The van der Waals surface area contributed by atoms with Gasteiger partial charge in [0.05, 0.1) is 5.52 Å². The topological polar surface area (TPSA) is 42.0 Å². The summed E-state index contributed by atoms with van der Waals surface area (Å²) in [7, 11) is 0. The van der Waals surface area contributed by atoms with Crippen molar-refractivity contribution in [3.63, 3.8) is 0 Å². The Morgan fingerprint density at radius 1 is 1.29 bits per heavy atom. The molecule has 5 heteroatoms. The number of amides is 1. The van der Waals surface area contributed by atoms with E-state index >= 15 is 0 Å². The molecule has 0 aliphatic carbocycles. The molecule has 0 radical (unpaired) electrons. The summed E-state index contributed by atoms with van der Waals surface area (Å²) in [6.07, 6.45) is -0.0489. The Kier molecular flexibility index (Phi) is 4.98. The van der Waals surface area contributed by atoms with Gasteiger partial charge in [0.1, 0.15) is 0 Å². The Hall–Kier alpha value is -2.30. The monoisotopic (exact) mass is 290 g/mol. The number of carbonyl (C=O) groups excluding carboxylic acids is 1. The van der Waals surface area contributed by atoms with Gasteiger partial charge in [0.2, 0.25) is 5.91 Å². The first-order valence-electron chi connectivity index (χ1n) is 6.73. The number of carbonyl (C=O) groups is 1. The summed E-state index contributed by atoms with van der Waals surface area (Å²) < 4.78 is 23.7. The van der Waals surface area contributed by atoms with Gasteiger partial charge in [-0.15, -0.1) is 0 Å². The third-order valence-electron chi connectivity index (χ3n) is 3.02. The van der Waals surface area contributed by atoms with Crippen molar-refractivity contribution in [3.8, 4) is 0 Å². The van der Waals surface area contributed by atoms with Crippen LogP contribution in [-0.2, 0) is 4.79 Å². The maximum absolute atomic E-state index is 11.8. The van der Waals surface area contributed by atoms with E-state index in [2.05, 4.69) is 10.3 Å². The fraction of sp³-hybridized carbons (Fsp3) is 0.250. The first-order chi connectivity index (χ1) is 10.0. The molecule has 1 aromatic carbocycles. The van der Waals surface area contributed by atoms with E-state index in [0.717, 1.165) is 22.7 Å². The van der Waals surface area contributed by atoms with E-state index in [1.165, 1.54) is 0 Å². The van der Waals surface area contributed by atoms with E-state index < -0.39 is 6.08 Å². The van der Waals surface area contributed by atoms with Crippen LogP contribution in [0.5, 0.6) is 0 Å². The standard InChI is InChI=1S/C16H16F2N2O/c1-11-6-7-12-10-13(8-9-14(12)19-11)20-16(21)5-3-2-4-15(17)18/h4,6-10H,2-3,5H2,1H3,(H,20,21). The number of hydrogen-bond donors (Lipinski definition) is 1. The summed E-state index contributed by atoms with van der Waals surface area (Å²) in [4.78, 5) is 16.1. The summed E-state index contributed by atoms with van der Waals surface area (Å²) >= 11 is 0. The van der Waals surface area contributed by atoms with E-state index in [4.69, 9.17) is 0 Å². The average molecular weight is 290 g/mol. The summed E-state index contributed by atoms with van der Waals surface area (Å²) in [5.41, 5.74) is 2.49. The number of fused-ring (bicyclic) bond motifs is 1. The molecule has 0 aliphatic heterocycles. The van der Waals surface area contributed by atoms with E-state index in [0.29, 0.717) is 12.1 Å². The van der Waals surface area contributed by atoms with Crippen molar-refractivity contribution in [1.82, 2.24) is 4.98 Å². The number of halogens is 2. The van der Waals surface area contributed by atoms with Gasteiger partial charge in [0, 0.05) is 23.2 Å². The molecular weight excluding hydrogens is 274 g/mol. The minimum absolute atomic E-state index is 0.179. The predicted molar refractivity (Wildman–Crippen MR) is 79.3 cm³/mol. The molecular formula is C16H16F2N2O. The van der Waals surface area contributed by atoms with Crippen LogP contribution in [0.2, 0.25) is 0 Å². The number of unbranched alkanes of at least 4 members (excludes halogenated alkanes) is 1. The number of nitrogens with one attached hydrogen (secondary N) is 1. The molecule has 1 aromatic heterocycles. The minimum atomic E-state index is -1.70. The molecule has 0 unspecified atom stereocenters. The largest absolute Gasteiger partial charge is 0.326 e. The predicted octanol–water partition coefficient (Wildman–Crippen LogP) is 4.43. The van der Waals surface area contributed by atoms with Crippen LogP contribution < -0.4 is 5.32 Å². The third-order valence-corrected chi connectivity index (χ3v) is 3.02. The van der Waals surface area contributed by atoms with Crippen LogP contribution in [0, 0.1) is 6.92 Å². The Labute approximate surface area is 121 Å². The molecule has 1 amide bonds. The van der Waals surface area contributed by atoms with Crippen LogP contribution in [0.15, 0.2) is 42.5 Å². The fourth-order valence-corrected chi connectivity index (χ4v) is 2.00. The molecule has 0 fully saturated rings. The average Bonchev–Trinajstić information content (AvgIpc) is 2.43. The number of aromatic nitrogens is 1. The second kappa shape index (κ2) is 6.92.